The van der Waals surface area contributed by atoms with Crippen molar-refractivity contribution in [2.75, 3.05) is 25.4 Å². The maximum Gasteiger partial charge on any atom is 0.326 e. The fourth-order valence-corrected chi connectivity index (χ4v) is 8.98. The second-order valence-electron chi connectivity index (χ2n) is 22.2. The van der Waals surface area contributed by atoms with Crippen LogP contribution >= 0.6 is 12.6 Å². The molecule has 86 heavy (non-hydrogen) atoms. The number of carbonyl (C=O) groups is 11. The van der Waals surface area contributed by atoms with E-state index in [1.165, 1.54) is 0 Å². The molecule has 22 N–H and O–H groups in total. The summed E-state index contributed by atoms with van der Waals surface area (Å²) in [5.41, 5.74) is 23.8. The molecule has 11 atom stereocenters. The van der Waals surface area contributed by atoms with Crippen LogP contribution in [-0.4, -0.2) is 188 Å². The van der Waals surface area contributed by atoms with Crippen molar-refractivity contribution in [1.82, 2.24) is 52.8 Å². The number of hydrogen-bond acceptors (Lipinski definition) is 17. The number of carbonyl (C=O) groups excluding carboxylic acids is 9. The quantitative estimate of drug-likeness (QED) is 0.0134. The summed E-state index contributed by atoms with van der Waals surface area (Å²) in [6, 6.07) is -7.64. The minimum absolute atomic E-state index is 0.0183. The molecule has 31 heteroatoms. The van der Waals surface area contributed by atoms with Crippen molar-refractivity contribution in [3.05, 3.63) is 36.0 Å². The van der Waals surface area contributed by atoms with Crippen molar-refractivity contribution in [3.8, 4) is 0 Å². The lowest BCUT2D eigenvalue weighted by Crippen LogP contribution is -2.62. The molecule has 0 fully saturated rings. The second-order valence-corrected chi connectivity index (χ2v) is 22.5. The van der Waals surface area contributed by atoms with Gasteiger partial charge >= 0.3 is 11.9 Å². The van der Waals surface area contributed by atoms with Crippen LogP contribution in [-0.2, 0) is 59.2 Å². The molecule has 0 saturated heterocycles. The van der Waals surface area contributed by atoms with Gasteiger partial charge in [0, 0.05) is 42.2 Å². The van der Waals surface area contributed by atoms with E-state index in [1.807, 2.05) is 0 Å². The number of carboxylic acids is 2. The monoisotopic (exact) mass is 1230 g/mol. The number of nitrogens with one attached hydrogen (secondary N) is 10. The topological polar surface area (TPSA) is 509 Å². The predicted molar refractivity (Wildman–Crippen MR) is 321 cm³/mol. The van der Waals surface area contributed by atoms with Crippen molar-refractivity contribution < 1.29 is 73.2 Å². The molecule has 1 aromatic carbocycles. The van der Waals surface area contributed by atoms with Gasteiger partial charge < -0.3 is 96.2 Å². The Kier molecular flexibility index (Phi) is 32.7. The Labute approximate surface area is 505 Å². The number of nitrogens with zero attached hydrogens (tertiary/aromatic N) is 1. The van der Waals surface area contributed by atoms with E-state index in [-0.39, 0.29) is 81.6 Å². The summed E-state index contributed by atoms with van der Waals surface area (Å²) >= 11 is 4.03. The molecule has 1 aromatic heterocycles. The Hall–Kier alpha value is -7.61. The lowest BCUT2D eigenvalue weighted by Gasteiger charge is -2.30. The van der Waals surface area contributed by atoms with Crippen LogP contribution in [0, 0.1) is 17.8 Å². The molecule has 482 valence electrons. The maximum atomic E-state index is 14.3. The smallest absolute Gasteiger partial charge is 0.326 e. The second kappa shape index (κ2) is 37.7. The highest BCUT2D eigenvalue weighted by atomic mass is 32.1. The van der Waals surface area contributed by atoms with Gasteiger partial charge in [0.1, 0.15) is 54.4 Å². The molecular formula is C55H91N15O15S. The number of aromatic nitrogens is 1. The summed E-state index contributed by atoms with van der Waals surface area (Å²) in [5.74, 6) is -12.6. The number of para-hydroxylation sites is 1. The van der Waals surface area contributed by atoms with Crippen molar-refractivity contribution >= 4 is 94.6 Å². The molecule has 1 heterocycles. The SMILES string of the molecule is CC(C)C[C@H](NC(=O)[C@H](Cc1c[nH]c2ccccc12)NC(=O)[C@H](CCCN=C(N)N)NC(=O)[C@H](CO)NC(=O)[C@H](CCCCN)NC(=O)[C@H](CCC(=O)O)NC(=O)[C@@H](NC(=O)[C@@H](NC(=O)[C@H](CC(C)C)NC(=O)[C@@H](N)CS)C(C)C)[C@@H](C)O)C(=O)O. The van der Waals surface area contributed by atoms with Crippen molar-refractivity contribution in [2.24, 2.45) is 45.7 Å². The lowest BCUT2D eigenvalue weighted by molar-refractivity contribution is -0.143. The average molecular weight is 1230 g/mol. The Balaban J connectivity index is 2.47. The average Bonchev–Trinajstić information content (AvgIpc) is 2.84. The first-order valence-electron chi connectivity index (χ1n) is 28.6. The van der Waals surface area contributed by atoms with Gasteiger partial charge in [-0.25, -0.2) is 4.79 Å². The molecule has 2 rings (SSSR count). The van der Waals surface area contributed by atoms with Crippen molar-refractivity contribution in [1.29, 1.82) is 0 Å². The normalized spacial score (nSPS) is 15.2. The molecule has 0 aliphatic heterocycles. The number of benzene rings is 1. The number of thiol groups is 1. The van der Waals surface area contributed by atoms with Crippen LogP contribution in [0.4, 0.5) is 0 Å². The van der Waals surface area contributed by atoms with E-state index in [1.54, 1.807) is 72.0 Å². The van der Waals surface area contributed by atoms with Crippen LogP contribution in [0.1, 0.15) is 112 Å². The number of aliphatic hydroxyl groups excluding tert-OH is 2. The van der Waals surface area contributed by atoms with E-state index >= 15 is 0 Å². The van der Waals surface area contributed by atoms with Gasteiger partial charge in [-0.2, -0.15) is 12.6 Å². The number of H-pyrrole nitrogens is 1. The first kappa shape index (κ1) is 74.5. The molecular weight excluding hydrogens is 1140 g/mol. The number of fused-ring (bicyclic) bond motifs is 1. The van der Waals surface area contributed by atoms with Crippen molar-refractivity contribution in [2.45, 2.75) is 179 Å². The summed E-state index contributed by atoms with van der Waals surface area (Å²) < 4.78 is 0. The number of carboxylic acid groups (broad SMARTS) is 2. The maximum absolute atomic E-state index is 14.3. The third-order valence-electron chi connectivity index (χ3n) is 13.5. The molecule has 0 aliphatic rings. The molecule has 0 radical (unpaired) electrons. The molecule has 0 unspecified atom stereocenters. The number of nitrogens with two attached hydrogens (primary N) is 4. The summed E-state index contributed by atoms with van der Waals surface area (Å²) in [6.45, 7) is 10.5. The van der Waals surface area contributed by atoms with Gasteiger partial charge in [0.05, 0.1) is 18.8 Å². The minimum atomic E-state index is -1.83. The number of aromatic amines is 1. The number of amides is 9. The fraction of sp³-hybridized carbons (Fsp3) is 0.636. The predicted octanol–water partition coefficient (Wildman–Crippen LogP) is -3.42. The van der Waals surface area contributed by atoms with Crippen LogP contribution in [0.3, 0.4) is 0 Å². The molecule has 0 bridgehead atoms. The summed E-state index contributed by atoms with van der Waals surface area (Å²) in [4.78, 5) is 156. The molecule has 9 amide bonds. The Morgan fingerprint density at radius 3 is 1.57 bits per heavy atom. The van der Waals surface area contributed by atoms with Gasteiger partial charge in [-0.1, -0.05) is 59.7 Å². The van der Waals surface area contributed by atoms with E-state index < -0.39 is 157 Å². The van der Waals surface area contributed by atoms with Crippen molar-refractivity contribution in [3.63, 3.8) is 0 Å². The van der Waals surface area contributed by atoms with E-state index in [4.69, 9.17) is 22.9 Å². The van der Waals surface area contributed by atoms with Gasteiger partial charge in [-0.05, 0) is 94.2 Å². The van der Waals surface area contributed by atoms with E-state index in [9.17, 15) is 73.2 Å². The van der Waals surface area contributed by atoms with Crippen LogP contribution in [0.25, 0.3) is 10.9 Å². The van der Waals surface area contributed by atoms with E-state index in [0.717, 1.165) is 6.92 Å². The Morgan fingerprint density at radius 2 is 1.05 bits per heavy atom. The van der Waals surface area contributed by atoms with Gasteiger partial charge in [0.25, 0.3) is 0 Å². The highest BCUT2D eigenvalue weighted by Gasteiger charge is 2.38. The first-order chi connectivity index (χ1) is 40.4. The largest absolute Gasteiger partial charge is 0.481 e. The number of guanidine groups is 1. The van der Waals surface area contributed by atoms with Crippen LogP contribution in [0.2, 0.25) is 0 Å². The number of aliphatic hydroxyl groups is 2. The van der Waals surface area contributed by atoms with Crippen LogP contribution < -0.4 is 70.8 Å². The Bertz CT molecular complexity index is 2630. The van der Waals surface area contributed by atoms with E-state index in [0.29, 0.717) is 22.9 Å². The first-order valence-corrected chi connectivity index (χ1v) is 29.2. The fourth-order valence-electron chi connectivity index (χ4n) is 8.81. The lowest BCUT2D eigenvalue weighted by atomic mass is 9.99. The zero-order chi connectivity index (χ0) is 65.0. The van der Waals surface area contributed by atoms with E-state index in [2.05, 4.69) is 70.5 Å². The zero-order valence-corrected chi connectivity index (χ0v) is 50.7. The third kappa shape index (κ3) is 25.9. The Morgan fingerprint density at radius 1 is 0.581 bits per heavy atom. The summed E-state index contributed by atoms with van der Waals surface area (Å²) in [5, 5.41) is 64.0. The number of aliphatic imine (C=N–C) groups is 1. The third-order valence-corrected chi connectivity index (χ3v) is 13.9. The van der Waals surface area contributed by atoms with Gasteiger partial charge in [-0.15, -0.1) is 0 Å². The van der Waals surface area contributed by atoms with Gasteiger partial charge in [0.15, 0.2) is 5.96 Å². The van der Waals surface area contributed by atoms with Crippen LogP contribution in [0.15, 0.2) is 35.5 Å². The number of aliphatic carboxylic acids is 2. The van der Waals surface area contributed by atoms with Crippen LogP contribution in [0.5, 0.6) is 0 Å². The standard InChI is InChI=1S/C55H91N15O15S/c1-27(2)21-38(65-45(75)33(57)26-86)50(80)69-43(29(5)6)52(82)70-44(30(7)72)53(83)64-37(17-18-42(73)74)48(78)62-35(15-10-11-19-56)47(77)68-41(25-71)51(81)63-36(16-12-20-60-55(58)59)46(76)66-39(49(79)67-40(54(84)85)22-28(3)4)23-31-24-61-34-14-9-8-13-32(31)34/h8-9,13-14,24,27-30,33,35-41,43-44,61,71-72,86H,10-12,15-23,25-26,56-57H2,1-7H3,(H,62,78)(H,63,81)(H,64,83)(H,65,75)(H,66,76)(H,67,79)(H,68,77)(H,69,80)(H,70,82)(H,73,74)(H,84,85)(H4,58,59,60)/t30-,33+,35+,36+,37+,38+,39+,40+,41+,43+,44+/m1/s1. The molecule has 0 saturated carbocycles. The molecule has 30 nitrogen and oxygen atoms in total. The molecule has 2 aromatic rings. The number of rotatable bonds is 40. The summed E-state index contributed by atoms with van der Waals surface area (Å²) in [6.07, 6.45) is -1.07. The zero-order valence-electron chi connectivity index (χ0n) is 49.9. The van der Waals surface area contributed by atoms with Gasteiger partial charge in [0.2, 0.25) is 53.2 Å². The molecule has 0 aliphatic carbocycles. The van der Waals surface area contributed by atoms with Gasteiger partial charge in [-0.3, -0.25) is 52.9 Å². The minimum Gasteiger partial charge on any atom is -0.481 e. The summed E-state index contributed by atoms with van der Waals surface area (Å²) in [7, 11) is 0. The highest BCUT2D eigenvalue weighted by Crippen LogP contribution is 2.20. The number of hydrogen-bond donors (Lipinski definition) is 19. The molecule has 0 spiro atoms. The number of unbranched alkanes of at least 4 members (excludes halogenated alkanes) is 1. The highest BCUT2D eigenvalue weighted by molar-refractivity contribution is 7.80.